The fourth-order valence-electron chi connectivity index (χ4n) is 6.58. The van der Waals surface area contributed by atoms with E-state index in [4.69, 9.17) is 32.8 Å². The van der Waals surface area contributed by atoms with Gasteiger partial charge in [0.25, 0.3) is 0 Å². The molecule has 0 saturated carbocycles. The Hall–Kier alpha value is -3.93. The maximum atomic E-state index is 14.6. The molecule has 3 aliphatic rings. The molecule has 3 aromatic rings. The molecule has 3 fully saturated rings. The molecule has 19 heteroatoms. The second-order valence-electron chi connectivity index (χ2n) is 14.2. The van der Waals surface area contributed by atoms with Gasteiger partial charge in [0, 0.05) is 17.2 Å². The molecule has 0 aliphatic carbocycles. The molecule has 6 rings (SSSR count). The van der Waals surface area contributed by atoms with E-state index in [1.54, 1.807) is 19.9 Å². The normalized spacial score (nSPS) is 34.9. The van der Waals surface area contributed by atoms with Gasteiger partial charge in [-0.05, 0) is 51.5 Å². The molecular weight excluding hydrogens is 748 g/mol. The minimum Gasteiger partial charge on any atom is -0.508 e. The van der Waals surface area contributed by atoms with Crippen molar-refractivity contribution in [3.63, 3.8) is 0 Å². The molecule has 0 radical (unpaired) electrons. The molecule has 3 aliphatic heterocycles. The van der Waals surface area contributed by atoms with Crippen LogP contribution in [-0.4, -0.2) is 155 Å². The summed E-state index contributed by atoms with van der Waals surface area (Å²) in [5.41, 5.74) is -0.140. The van der Waals surface area contributed by atoms with Crippen molar-refractivity contribution in [2.75, 3.05) is 13.2 Å². The van der Waals surface area contributed by atoms with Crippen LogP contribution in [0.3, 0.4) is 0 Å². The third-order valence-corrected chi connectivity index (χ3v) is 9.87. The van der Waals surface area contributed by atoms with Crippen LogP contribution in [0.2, 0.25) is 0 Å². The van der Waals surface area contributed by atoms with E-state index in [9.17, 15) is 61.0 Å². The maximum Gasteiger partial charge on any atom is 0.239 e. The maximum absolute atomic E-state index is 14.6. The van der Waals surface area contributed by atoms with Crippen molar-refractivity contribution < 1.29 is 89.0 Å². The largest absolute Gasteiger partial charge is 0.508 e. The summed E-state index contributed by atoms with van der Waals surface area (Å²) < 4.78 is 40.9. The highest BCUT2D eigenvalue weighted by Crippen LogP contribution is 2.42. The van der Waals surface area contributed by atoms with Gasteiger partial charge in [-0.1, -0.05) is 11.6 Å². The van der Waals surface area contributed by atoms with Crippen molar-refractivity contribution in [1.29, 1.82) is 0 Å². The van der Waals surface area contributed by atoms with Crippen LogP contribution in [-0.2, 0) is 25.4 Å². The summed E-state index contributed by atoms with van der Waals surface area (Å²) in [4.78, 5) is 14.6. The van der Waals surface area contributed by atoms with Crippen LogP contribution in [0, 0.1) is 0 Å². The summed E-state index contributed by atoms with van der Waals surface area (Å²) in [5.74, 6) is -1.95. The standard InChI is InChI=1S/C37H46O19/c1-13(2)4-9-17-20(52-36-30(49)27(46)25(44)21(11-38)53-36)10-18(40)22-26(45)33(31(54-32(17)22)15-5-7-16(39)8-6-15)55-37-34(28(47)23(42)14(3)51-37)56-35-29(48)24(43)19(41)12-50-35/h4-8,10,14,19,21,23-25,27-30,34-44,46-49H,9,11-12H2,1-3H3/t14-,19+,21-,23+,24-,25+,27-,28-,29-,30+,34-,35-,36-,37-/m0/s1. The summed E-state index contributed by atoms with van der Waals surface area (Å²) in [6.45, 7) is 3.78. The van der Waals surface area contributed by atoms with Gasteiger partial charge in [0.2, 0.25) is 23.8 Å². The molecule has 4 heterocycles. The zero-order chi connectivity index (χ0) is 40.7. The third-order valence-electron chi connectivity index (χ3n) is 9.87. The van der Waals surface area contributed by atoms with E-state index >= 15 is 0 Å². The number of aliphatic hydroxyl groups excluding tert-OH is 9. The van der Waals surface area contributed by atoms with Crippen molar-refractivity contribution in [2.45, 2.75) is 113 Å². The SMILES string of the molecule is CC(C)=CCc1c(O[C@H]2O[C@@H](CO)[C@@H](O)[C@H](O)[C@H]2O)cc(O)c2c(=O)c(O[C@@H]3O[C@@H](C)[C@@H](O)[C@H](O)[C@@H]3O[C@@H]3OC[C@@H](O)[C@H](O)[C@@H]3O)c(-c3ccc(O)cc3)oc12. The van der Waals surface area contributed by atoms with Crippen molar-refractivity contribution in [2.24, 2.45) is 0 Å². The van der Waals surface area contributed by atoms with E-state index in [2.05, 4.69) is 0 Å². The predicted molar refractivity (Wildman–Crippen MR) is 188 cm³/mol. The van der Waals surface area contributed by atoms with E-state index in [0.717, 1.165) is 11.6 Å². The zero-order valence-electron chi connectivity index (χ0n) is 30.4. The molecule has 56 heavy (non-hydrogen) atoms. The second-order valence-corrected chi connectivity index (χ2v) is 14.2. The highest BCUT2D eigenvalue weighted by atomic mass is 16.8. The quantitative estimate of drug-likeness (QED) is 0.101. The third kappa shape index (κ3) is 8.09. The van der Waals surface area contributed by atoms with Gasteiger partial charge in [-0.25, -0.2) is 0 Å². The summed E-state index contributed by atoms with van der Waals surface area (Å²) in [6, 6.07) is 6.37. The number of hydrogen-bond acceptors (Lipinski definition) is 19. The lowest BCUT2D eigenvalue weighted by atomic mass is 9.98. The molecule has 1 aromatic heterocycles. The summed E-state index contributed by atoms with van der Waals surface area (Å²) in [5, 5.41) is 115. The second kappa shape index (κ2) is 16.9. The van der Waals surface area contributed by atoms with Gasteiger partial charge in [-0.15, -0.1) is 0 Å². The number of rotatable bonds is 10. The van der Waals surface area contributed by atoms with Crippen LogP contribution < -0.4 is 14.9 Å². The molecule has 11 N–H and O–H groups in total. The molecule has 0 bridgehead atoms. The Labute approximate surface area is 318 Å². The van der Waals surface area contributed by atoms with Crippen LogP contribution in [0.25, 0.3) is 22.3 Å². The molecule has 308 valence electrons. The van der Waals surface area contributed by atoms with E-state index in [1.807, 2.05) is 0 Å². The number of phenolic OH excluding ortho intramolecular Hbond substituents is 2. The molecule has 0 unspecified atom stereocenters. The van der Waals surface area contributed by atoms with Gasteiger partial charge in [-0.3, -0.25) is 4.79 Å². The highest BCUT2D eigenvalue weighted by molar-refractivity contribution is 5.91. The minimum atomic E-state index is -1.83. The van der Waals surface area contributed by atoms with Gasteiger partial charge in [0.15, 0.2) is 18.2 Å². The monoisotopic (exact) mass is 794 g/mol. The molecule has 3 saturated heterocycles. The molecule has 14 atom stereocenters. The molecule has 0 spiro atoms. The average Bonchev–Trinajstić information content (AvgIpc) is 3.16. The van der Waals surface area contributed by atoms with Crippen LogP contribution in [0.4, 0.5) is 0 Å². The van der Waals surface area contributed by atoms with E-state index < -0.39 is 122 Å². The lowest BCUT2D eigenvalue weighted by molar-refractivity contribution is -0.341. The summed E-state index contributed by atoms with van der Waals surface area (Å²) in [7, 11) is 0. The number of ether oxygens (including phenoxy) is 6. The first-order chi connectivity index (χ1) is 26.5. The van der Waals surface area contributed by atoms with Crippen LogP contribution in [0.1, 0.15) is 26.3 Å². The van der Waals surface area contributed by atoms with Gasteiger partial charge in [0.1, 0.15) is 83.2 Å². The number of hydrogen-bond donors (Lipinski definition) is 11. The minimum absolute atomic E-state index is 0.00244. The van der Waals surface area contributed by atoms with Gasteiger partial charge >= 0.3 is 0 Å². The van der Waals surface area contributed by atoms with Crippen molar-refractivity contribution in [3.8, 4) is 34.3 Å². The van der Waals surface area contributed by atoms with Gasteiger partial charge in [0.05, 0.1) is 19.3 Å². The molecular formula is C37H46O19. The first-order valence-electron chi connectivity index (χ1n) is 17.8. The van der Waals surface area contributed by atoms with Gasteiger partial charge in [-0.2, -0.15) is 0 Å². The van der Waals surface area contributed by atoms with Crippen LogP contribution in [0.5, 0.6) is 23.0 Å². The Balaban J connectivity index is 1.49. The Kier molecular flexibility index (Phi) is 12.6. The van der Waals surface area contributed by atoms with Gasteiger partial charge < -0.3 is 89.0 Å². The smallest absolute Gasteiger partial charge is 0.239 e. The zero-order valence-corrected chi connectivity index (χ0v) is 30.4. The summed E-state index contributed by atoms with van der Waals surface area (Å²) in [6.07, 6.45) is -21.2. The van der Waals surface area contributed by atoms with Crippen molar-refractivity contribution in [1.82, 2.24) is 0 Å². The first kappa shape index (κ1) is 41.7. The molecule has 19 nitrogen and oxygen atoms in total. The number of benzene rings is 2. The topological polar surface area (TPSA) is 308 Å². The lowest BCUT2D eigenvalue weighted by Crippen LogP contribution is -2.62. The van der Waals surface area contributed by atoms with E-state index in [1.165, 1.54) is 31.2 Å². The number of aliphatic hydroxyl groups is 9. The van der Waals surface area contributed by atoms with Crippen molar-refractivity contribution in [3.05, 3.63) is 57.8 Å². The fraction of sp³-hybridized carbons (Fsp3) is 0.541. The Bertz CT molecular complexity index is 1930. The summed E-state index contributed by atoms with van der Waals surface area (Å²) >= 11 is 0. The number of phenols is 2. The number of aromatic hydroxyl groups is 2. The average molecular weight is 795 g/mol. The van der Waals surface area contributed by atoms with Crippen LogP contribution >= 0.6 is 0 Å². The van der Waals surface area contributed by atoms with Crippen molar-refractivity contribution >= 4 is 11.0 Å². The van der Waals surface area contributed by atoms with E-state index in [0.29, 0.717) is 0 Å². The predicted octanol–water partition coefficient (Wildman–Crippen LogP) is -1.77. The first-order valence-corrected chi connectivity index (χ1v) is 17.8. The Morgan fingerprint density at radius 1 is 0.821 bits per heavy atom. The molecule has 0 amide bonds. The fourth-order valence-corrected chi connectivity index (χ4v) is 6.58. The van der Waals surface area contributed by atoms with Crippen LogP contribution in [0.15, 0.2) is 51.2 Å². The Morgan fingerprint density at radius 2 is 1.50 bits per heavy atom. The molecule has 2 aromatic carbocycles. The lowest BCUT2D eigenvalue weighted by Gasteiger charge is -2.44. The van der Waals surface area contributed by atoms with E-state index in [-0.39, 0.29) is 40.4 Å². The highest BCUT2D eigenvalue weighted by Gasteiger charge is 2.50. The number of fused-ring (bicyclic) bond motifs is 1. The Morgan fingerprint density at radius 3 is 2.16 bits per heavy atom. The number of allylic oxidation sites excluding steroid dienone is 2.